The van der Waals surface area contributed by atoms with E-state index in [1.54, 1.807) is 0 Å². The largest absolute Gasteiger partial charge is 0.388 e. The van der Waals surface area contributed by atoms with Crippen LogP contribution in [-0.2, 0) is 9.47 Å². The van der Waals surface area contributed by atoms with Gasteiger partial charge in [0.05, 0.1) is 19.3 Å². The summed E-state index contributed by atoms with van der Waals surface area (Å²) in [5.74, 6) is 0.912. The molecule has 5 nitrogen and oxygen atoms in total. The molecular formula is C20H20N2O3. The summed E-state index contributed by atoms with van der Waals surface area (Å²) >= 11 is 0. The van der Waals surface area contributed by atoms with E-state index in [-0.39, 0.29) is 18.2 Å². The molecular weight excluding hydrogens is 316 g/mol. The van der Waals surface area contributed by atoms with E-state index in [0.29, 0.717) is 13.2 Å². The van der Waals surface area contributed by atoms with Crippen LogP contribution < -0.4 is 0 Å². The molecule has 0 spiro atoms. The fourth-order valence-electron chi connectivity index (χ4n) is 4.15. The molecule has 0 unspecified atom stereocenters. The van der Waals surface area contributed by atoms with Gasteiger partial charge in [0, 0.05) is 18.0 Å². The van der Waals surface area contributed by atoms with Crippen molar-refractivity contribution in [2.75, 3.05) is 13.2 Å². The highest BCUT2D eigenvalue weighted by atomic mass is 16.6. The van der Waals surface area contributed by atoms with Crippen LogP contribution in [0.4, 0.5) is 0 Å². The zero-order valence-electron chi connectivity index (χ0n) is 14.0. The molecule has 0 radical (unpaired) electrons. The summed E-state index contributed by atoms with van der Waals surface area (Å²) < 4.78 is 13.7. The Kier molecular flexibility index (Phi) is 3.41. The summed E-state index contributed by atoms with van der Waals surface area (Å²) in [5.41, 5.74) is 2.36. The molecule has 2 saturated heterocycles. The number of nitrogens with zero attached hydrogens (tertiary/aromatic N) is 2. The first-order valence-corrected chi connectivity index (χ1v) is 8.67. The van der Waals surface area contributed by atoms with Crippen LogP contribution in [0.15, 0.2) is 48.8 Å². The zero-order chi connectivity index (χ0) is 17.0. The number of hydrogen-bond acceptors (Lipinski definition) is 4. The van der Waals surface area contributed by atoms with Gasteiger partial charge < -0.3 is 19.1 Å². The minimum Gasteiger partial charge on any atom is -0.388 e. The second-order valence-electron chi connectivity index (χ2n) is 6.86. The summed E-state index contributed by atoms with van der Waals surface area (Å²) in [6.07, 6.45) is 2.90. The summed E-state index contributed by atoms with van der Waals surface area (Å²) in [7, 11) is 0. The fourth-order valence-corrected chi connectivity index (χ4v) is 4.15. The molecule has 3 heterocycles. The van der Waals surface area contributed by atoms with Crippen molar-refractivity contribution >= 4 is 10.8 Å². The lowest BCUT2D eigenvalue weighted by Crippen LogP contribution is -2.30. The van der Waals surface area contributed by atoms with E-state index in [4.69, 9.17) is 9.47 Å². The maximum absolute atomic E-state index is 10.00. The van der Waals surface area contributed by atoms with Crippen LogP contribution in [0.25, 0.3) is 22.2 Å². The minimum absolute atomic E-state index is 0.0275. The molecule has 1 aromatic heterocycles. The van der Waals surface area contributed by atoms with Crippen LogP contribution in [0.1, 0.15) is 11.6 Å². The van der Waals surface area contributed by atoms with Crippen LogP contribution in [0.3, 0.4) is 0 Å². The number of rotatable bonds is 2. The topological polar surface area (TPSA) is 56.5 Å². The smallest absolute Gasteiger partial charge is 0.140 e. The minimum atomic E-state index is -0.540. The Hall–Kier alpha value is -2.21. The van der Waals surface area contributed by atoms with E-state index >= 15 is 0 Å². The quantitative estimate of drug-likeness (QED) is 0.782. The maximum Gasteiger partial charge on any atom is 0.140 e. The number of aliphatic hydroxyl groups is 1. The number of aliphatic hydroxyl groups excluding tert-OH is 1. The van der Waals surface area contributed by atoms with Gasteiger partial charge in [-0.1, -0.05) is 36.4 Å². The SMILES string of the molecule is Cc1cccc2c(-c3nccn3[C@@H]3CO[C@H]4[C@@H]3OC[C@H]4O)cccc12. The predicted molar refractivity (Wildman–Crippen MR) is 94.4 cm³/mol. The van der Waals surface area contributed by atoms with E-state index in [0.717, 1.165) is 11.4 Å². The van der Waals surface area contributed by atoms with Crippen LogP contribution in [0.2, 0.25) is 0 Å². The van der Waals surface area contributed by atoms with Crippen molar-refractivity contribution in [3.05, 3.63) is 54.4 Å². The van der Waals surface area contributed by atoms with Gasteiger partial charge in [-0.3, -0.25) is 0 Å². The van der Waals surface area contributed by atoms with Crippen molar-refractivity contribution in [2.24, 2.45) is 0 Å². The van der Waals surface area contributed by atoms with Gasteiger partial charge in [0.25, 0.3) is 0 Å². The average Bonchev–Trinajstić information content (AvgIpc) is 3.33. The molecule has 0 bridgehead atoms. The molecule has 2 aromatic carbocycles. The second kappa shape index (κ2) is 5.66. The number of ether oxygens (including phenoxy) is 2. The van der Waals surface area contributed by atoms with Crippen molar-refractivity contribution < 1.29 is 14.6 Å². The molecule has 2 aliphatic heterocycles. The monoisotopic (exact) mass is 336 g/mol. The first kappa shape index (κ1) is 15.1. The number of hydrogen-bond donors (Lipinski definition) is 1. The third-order valence-electron chi connectivity index (χ3n) is 5.41. The number of aromatic nitrogens is 2. The Morgan fingerprint density at radius 1 is 1.04 bits per heavy atom. The van der Waals surface area contributed by atoms with Crippen LogP contribution in [0.5, 0.6) is 0 Å². The lowest BCUT2D eigenvalue weighted by Gasteiger charge is -2.20. The summed E-state index contributed by atoms with van der Waals surface area (Å²) in [5, 5.41) is 12.4. The van der Waals surface area contributed by atoms with Crippen LogP contribution >= 0.6 is 0 Å². The molecule has 2 fully saturated rings. The molecule has 0 amide bonds. The van der Waals surface area contributed by atoms with Crippen molar-refractivity contribution in [1.82, 2.24) is 9.55 Å². The lowest BCUT2D eigenvalue weighted by molar-refractivity contribution is 0.0172. The highest BCUT2D eigenvalue weighted by Crippen LogP contribution is 2.37. The number of aryl methyl sites for hydroxylation is 1. The molecule has 0 aliphatic carbocycles. The average molecular weight is 336 g/mol. The van der Waals surface area contributed by atoms with Gasteiger partial charge in [0.1, 0.15) is 24.1 Å². The molecule has 128 valence electrons. The van der Waals surface area contributed by atoms with Crippen molar-refractivity contribution in [2.45, 2.75) is 31.3 Å². The van der Waals surface area contributed by atoms with Gasteiger partial charge in [0.2, 0.25) is 0 Å². The van der Waals surface area contributed by atoms with Crippen LogP contribution in [0, 0.1) is 6.92 Å². The Balaban J connectivity index is 1.62. The Morgan fingerprint density at radius 2 is 1.84 bits per heavy atom. The molecule has 0 saturated carbocycles. The zero-order valence-corrected chi connectivity index (χ0v) is 14.0. The Labute approximate surface area is 145 Å². The van der Waals surface area contributed by atoms with Gasteiger partial charge in [0.15, 0.2) is 0 Å². The summed E-state index contributed by atoms with van der Waals surface area (Å²) in [6, 6.07) is 12.7. The summed E-state index contributed by atoms with van der Waals surface area (Å²) in [4.78, 5) is 4.63. The number of imidazole rings is 1. The van der Waals surface area contributed by atoms with Crippen molar-refractivity contribution in [3.8, 4) is 11.4 Å². The molecule has 1 N–H and O–H groups in total. The second-order valence-corrected chi connectivity index (χ2v) is 6.86. The van der Waals surface area contributed by atoms with Gasteiger partial charge >= 0.3 is 0 Å². The van der Waals surface area contributed by atoms with E-state index in [1.807, 2.05) is 12.4 Å². The first-order valence-electron chi connectivity index (χ1n) is 8.67. The van der Waals surface area contributed by atoms with E-state index < -0.39 is 6.10 Å². The van der Waals surface area contributed by atoms with E-state index in [1.165, 1.54) is 16.3 Å². The maximum atomic E-state index is 10.00. The highest BCUT2D eigenvalue weighted by Gasteiger charge is 2.48. The molecule has 2 aliphatic rings. The first-order chi connectivity index (χ1) is 12.2. The van der Waals surface area contributed by atoms with E-state index in [2.05, 4.69) is 52.9 Å². The van der Waals surface area contributed by atoms with Crippen molar-refractivity contribution in [1.29, 1.82) is 0 Å². The third-order valence-corrected chi connectivity index (χ3v) is 5.41. The molecule has 25 heavy (non-hydrogen) atoms. The standard InChI is InChI=1S/C20H20N2O3/c1-12-4-2-6-14-13(12)5-3-7-15(14)20-21-8-9-22(20)16-10-24-19-17(23)11-25-18(16)19/h2-9,16-19,23H,10-11H2,1H3/t16-,17-,18-,19-/m1/s1. The molecule has 5 rings (SSSR count). The molecule has 3 aromatic rings. The number of benzene rings is 2. The van der Waals surface area contributed by atoms with Gasteiger partial charge in [-0.15, -0.1) is 0 Å². The molecule has 5 heteroatoms. The number of fused-ring (bicyclic) bond motifs is 2. The predicted octanol–water partition coefficient (Wildman–Crippen LogP) is 2.71. The van der Waals surface area contributed by atoms with E-state index in [9.17, 15) is 5.11 Å². The normalized spacial score (nSPS) is 28.6. The van der Waals surface area contributed by atoms with Gasteiger partial charge in [-0.2, -0.15) is 0 Å². The van der Waals surface area contributed by atoms with Crippen molar-refractivity contribution in [3.63, 3.8) is 0 Å². The Morgan fingerprint density at radius 3 is 2.76 bits per heavy atom. The van der Waals surface area contributed by atoms with Gasteiger partial charge in [-0.25, -0.2) is 4.98 Å². The summed E-state index contributed by atoms with van der Waals surface area (Å²) in [6.45, 7) is 2.99. The third kappa shape index (κ3) is 2.24. The van der Waals surface area contributed by atoms with Crippen LogP contribution in [-0.4, -0.2) is 46.2 Å². The lowest BCUT2D eigenvalue weighted by atomic mass is 10.00. The van der Waals surface area contributed by atoms with Gasteiger partial charge in [-0.05, 0) is 23.3 Å². The fraction of sp³-hybridized carbons (Fsp3) is 0.350. The highest BCUT2D eigenvalue weighted by molar-refractivity contribution is 5.97. The Bertz CT molecular complexity index is 936. The molecule has 4 atom stereocenters.